The maximum atomic E-state index is 12.4. The third-order valence-corrected chi connectivity index (χ3v) is 4.09. The summed E-state index contributed by atoms with van der Waals surface area (Å²) >= 11 is 0. The van der Waals surface area contributed by atoms with Crippen molar-refractivity contribution in [3.8, 4) is 5.75 Å². The molecule has 1 aromatic carbocycles. The number of para-hydroxylation sites is 1. The fourth-order valence-corrected chi connectivity index (χ4v) is 2.61. The zero-order chi connectivity index (χ0) is 15.2. The first kappa shape index (κ1) is 15.8. The van der Waals surface area contributed by atoms with Crippen molar-refractivity contribution < 1.29 is 9.53 Å². The minimum absolute atomic E-state index is 0.00954. The van der Waals surface area contributed by atoms with E-state index >= 15 is 0 Å². The van der Waals surface area contributed by atoms with Crippen molar-refractivity contribution >= 4 is 5.91 Å². The number of hydrogen-bond acceptors (Lipinski definition) is 3. The van der Waals surface area contributed by atoms with Crippen LogP contribution in [-0.4, -0.2) is 43.1 Å². The van der Waals surface area contributed by atoms with Crippen LogP contribution in [0, 0.1) is 6.92 Å². The second-order valence-corrected chi connectivity index (χ2v) is 5.87. The van der Waals surface area contributed by atoms with Crippen LogP contribution in [0.5, 0.6) is 5.75 Å². The second kappa shape index (κ2) is 7.46. The summed E-state index contributed by atoms with van der Waals surface area (Å²) in [5.74, 6) is 0.804. The molecule has 0 saturated carbocycles. The minimum atomic E-state index is -0.411. The van der Waals surface area contributed by atoms with Crippen molar-refractivity contribution in [1.29, 1.82) is 0 Å². The van der Waals surface area contributed by atoms with E-state index in [1.54, 1.807) is 0 Å². The lowest BCUT2D eigenvalue weighted by molar-refractivity contribution is -0.129. The fourth-order valence-electron chi connectivity index (χ4n) is 2.61. The van der Waals surface area contributed by atoms with Gasteiger partial charge < -0.3 is 15.0 Å². The molecule has 0 spiro atoms. The molecule has 1 aliphatic heterocycles. The van der Waals surface area contributed by atoms with Crippen LogP contribution >= 0.6 is 0 Å². The summed E-state index contributed by atoms with van der Waals surface area (Å²) in [5, 5.41) is 3.14. The van der Waals surface area contributed by atoms with Crippen LogP contribution in [0.15, 0.2) is 24.3 Å². The van der Waals surface area contributed by atoms with Gasteiger partial charge in [-0.1, -0.05) is 25.1 Å². The molecule has 1 amide bonds. The topological polar surface area (TPSA) is 41.6 Å². The zero-order valence-corrected chi connectivity index (χ0v) is 13.3. The monoisotopic (exact) mass is 290 g/mol. The van der Waals surface area contributed by atoms with Crippen LogP contribution in [0.2, 0.25) is 0 Å². The molecule has 1 heterocycles. The summed E-state index contributed by atoms with van der Waals surface area (Å²) in [6, 6.07) is 8.10. The Balaban J connectivity index is 1.91. The number of carbonyl (C=O) groups is 1. The number of likely N-dealkylation sites (tertiary alicyclic amines) is 1. The maximum absolute atomic E-state index is 12.4. The Morgan fingerprint density at radius 2 is 2.05 bits per heavy atom. The van der Waals surface area contributed by atoms with Gasteiger partial charge in [-0.2, -0.15) is 0 Å². The Bertz CT molecular complexity index is 468. The number of nitrogens with zero attached hydrogens (tertiary/aromatic N) is 1. The van der Waals surface area contributed by atoms with Gasteiger partial charge >= 0.3 is 0 Å². The standard InChI is InChI=1S/C17H26N2O2/c1-4-15(21-16-8-6-5-7-13(16)2)17(20)18-14-9-11-19(3)12-10-14/h5-8,14-15H,4,9-12H2,1-3H3,(H,18,20)/t15-/m1/s1. The summed E-state index contributed by atoms with van der Waals surface area (Å²) in [7, 11) is 2.12. The number of benzene rings is 1. The number of nitrogens with one attached hydrogen (secondary N) is 1. The molecule has 2 rings (SSSR count). The highest BCUT2D eigenvalue weighted by atomic mass is 16.5. The molecule has 1 aliphatic rings. The second-order valence-electron chi connectivity index (χ2n) is 5.87. The van der Waals surface area contributed by atoms with Crippen LogP contribution in [0.25, 0.3) is 0 Å². The largest absolute Gasteiger partial charge is 0.480 e. The molecule has 1 aromatic rings. The Labute approximate surface area is 127 Å². The summed E-state index contributed by atoms with van der Waals surface area (Å²) in [5.41, 5.74) is 1.06. The molecule has 0 radical (unpaired) electrons. The molecule has 0 aromatic heterocycles. The van der Waals surface area contributed by atoms with Gasteiger partial charge in [-0.25, -0.2) is 0 Å². The van der Waals surface area contributed by atoms with Gasteiger partial charge in [-0.15, -0.1) is 0 Å². The molecule has 1 atom stereocenters. The summed E-state index contributed by atoms with van der Waals surface area (Å²) in [6.07, 6.45) is 2.30. The molecule has 21 heavy (non-hydrogen) atoms. The van der Waals surface area contributed by atoms with E-state index in [4.69, 9.17) is 4.74 Å². The number of rotatable bonds is 5. The average Bonchev–Trinajstić information content (AvgIpc) is 2.48. The lowest BCUT2D eigenvalue weighted by Gasteiger charge is -2.30. The van der Waals surface area contributed by atoms with E-state index in [9.17, 15) is 4.79 Å². The number of carbonyl (C=O) groups excluding carboxylic acids is 1. The van der Waals surface area contributed by atoms with E-state index in [2.05, 4.69) is 17.3 Å². The first-order chi connectivity index (χ1) is 10.1. The normalized spacial score (nSPS) is 18.2. The molecule has 0 aliphatic carbocycles. The van der Waals surface area contributed by atoms with Gasteiger partial charge in [0.15, 0.2) is 6.10 Å². The Hall–Kier alpha value is -1.55. The van der Waals surface area contributed by atoms with Gasteiger partial charge in [-0.05, 0) is 58.0 Å². The van der Waals surface area contributed by atoms with Gasteiger partial charge in [0.05, 0.1) is 0 Å². The van der Waals surface area contributed by atoms with E-state index in [1.807, 2.05) is 38.1 Å². The van der Waals surface area contributed by atoms with Crippen molar-refractivity contribution in [2.24, 2.45) is 0 Å². The quantitative estimate of drug-likeness (QED) is 0.905. The SMILES string of the molecule is CC[C@@H](Oc1ccccc1C)C(=O)NC1CCN(C)CC1. The number of hydrogen-bond donors (Lipinski definition) is 1. The Kier molecular flexibility index (Phi) is 5.62. The first-order valence-electron chi connectivity index (χ1n) is 7.81. The van der Waals surface area contributed by atoms with Gasteiger partial charge in [0.25, 0.3) is 5.91 Å². The molecule has 1 fully saturated rings. The maximum Gasteiger partial charge on any atom is 0.261 e. The van der Waals surface area contributed by atoms with Crippen LogP contribution < -0.4 is 10.1 Å². The molecule has 0 unspecified atom stereocenters. The molecule has 1 N–H and O–H groups in total. The predicted octanol–water partition coefficient (Wildman–Crippen LogP) is 2.36. The molecule has 4 heteroatoms. The average molecular weight is 290 g/mol. The molecule has 4 nitrogen and oxygen atoms in total. The van der Waals surface area contributed by atoms with E-state index in [0.717, 1.165) is 37.2 Å². The van der Waals surface area contributed by atoms with Gasteiger partial charge in [0, 0.05) is 6.04 Å². The number of amides is 1. The third-order valence-electron chi connectivity index (χ3n) is 4.09. The van der Waals surface area contributed by atoms with Crippen molar-refractivity contribution in [2.75, 3.05) is 20.1 Å². The lowest BCUT2D eigenvalue weighted by atomic mass is 10.1. The number of ether oxygens (including phenoxy) is 1. The molecule has 116 valence electrons. The van der Waals surface area contributed by atoms with Crippen LogP contribution in [0.1, 0.15) is 31.7 Å². The van der Waals surface area contributed by atoms with Crippen LogP contribution in [0.4, 0.5) is 0 Å². The van der Waals surface area contributed by atoms with E-state index in [1.165, 1.54) is 0 Å². The van der Waals surface area contributed by atoms with Gasteiger partial charge in [-0.3, -0.25) is 4.79 Å². The summed E-state index contributed by atoms with van der Waals surface area (Å²) in [6.45, 7) is 6.06. The Morgan fingerprint density at radius 1 is 1.38 bits per heavy atom. The van der Waals surface area contributed by atoms with Crippen molar-refractivity contribution in [1.82, 2.24) is 10.2 Å². The number of aryl methyl sites for hydroxylation is 1. The lowest BCUT2D eigenvalue weighted by Crippen LogP contribution is -2.47. The Morgan fingerprint density at radius 3 is 2.67 bits per heavy atom. The first-order valence-corrected chi connectivity index (χ1v) is 7.81. The zero-order valence-electron chi connectivity index (χ0n) is 13.3. The minimum Gasteiger partial charge on any atom is -0.480 e. The molecule has 1 saturated heterocycles. The highest BCUT2D eigenvalue weighted by Crippen LogP contribution is 2.19. The van der Waals surface area contributed by atoms with E-state index < -0.39 is 6.10 Å². The van der Waals surface area contributed by atoms with Gasteiger partial charge in [0.2, 0.25) is 0 Å². The molecular formula is C17H26N2O2. The van der Waals surface area contributed by atoms with Crippen LogP contribution in [-0.2, 0) is 4.79 Å². The summed E-state index contributed by atoms with van der Waals surface area (Å²) in [4.78, 5) is 14.7. The van der Waals surface area contributed by atoms with Crippen molar-refractivity contribution in [2.45, 2.75) is 45.3 Å². The fraction of sp³-hybridized carbons (Fsp3) is 0.588. The third kappa shape index (κ3) is 4.46. The van der Waals surface area contributed by atoms with E-state index in [0.29, 0.717) is 6.42 Å². The molecular weight excluding hydrogens is 264 g/mol. The number of piperidine rings is 1. The van der Waals surface area contributed by atoms with Crippen molar-refractivity contribution in [3.63, 3.8) is 0 Å². The van der Waals surface area contributed by atoms with Gasteiger partial charge in [0.1, 0.15) is 5.75 Å². The molecule has 0 bridgehead atoms. The van der Waals surface area contributed by atoms with E-state index in [-0.39, 0.29) is 11.9 Å². The highest BCUT2D eigenvalue weighted by Gasteiger charge is 2.24. The van der Waals surface area contributed by atoms with Crippen LogP contribution in [0.3, 0.4) is 0 Å². The highest BCUT2D eigenvalue weighted by molar-refractivity contribution is 5.81. The smallest absolute Gasteiger partial charge is 0.261 e. The van der Waals surface area contributed by atoms with Crippen molar-refractivity contribution in [3.05, 3.63) is 29.8 Å². The predicted molar refractivity (Wildman–Crippen MR) is 84.5 cm³/mol. The summed E-state index contributed by atoms with van der Waals surface area (Å²) < 4.78 is 5.90.